The molecule has 0 fully saturated rings. The van der Waals surface area contributed by atoms with E-state index in [4.69, 9.17) is 9.47 Å². The van der Waals surface area contributed by atoms with Crippen LogP contribution in [-0.2, 0) is 14.3 Å². The molecular weight excluding hydrogens is 388 g/mol. The zero-order valence-corrected chi connectivity index (χ0v) is 20.5. The number of carbonyl (C=O) groups is 1. The zero-order chi connectivity index (χ0) is 22.8. The van der Waals surface area contributed by atoms with Gasteiger partial charge in [0.25, 0.3) is 0 Å². The fourth-order valence-electron chi connectivity index (χ4n) is 3.30. The van der Waals surface area contributed by atoms with E-state index in [-0.39, 0.29) is 12.6 Å². The standard InChI is InChI=1S/C27H50O4/c1-3-5-7-9-11-12-13-14-15-16-17-18-20-22-27(29)31-26(24-28)25-30-23-21-19-10-8-6-4-2/h7,9,12-13,26,28H,3-6,8,10-11,14-25H2,1-2H3/b9-7-,13-12-. The highest BCUT2D eigenvalue weighted by Gasteiger charge is 2.13. The van der Waals surface area contributed by atoms with E-state index in [1.54, 1.807) is 0 Å². The summed E-state index contributed by atoms with van der Waals surface area (Å²) in [6.45, 7) is 5.20. The van der Waals surface area contributed by atoms with Gasteiger partial charge in [0, 0.05) is 13.0 Å². The van der Waals surface area contributed by atoms with Gasteiger partial charge >= 0.3 is 5.97 Å². The average molecular weight is 439 g/mol. The van der Waals surface area contributed by atoms with Gasteiger partial charge in [-0.2, -0.15) is 0 Å². The van der Waals surface area contributed by atoms with Gasteiger partial charge in [-0.05, 0) is 38.5 Å². The second kappa shape index (κ2) is 25.1. The van der Waals surface area contributed by atoms with Crippen molar-refractivity contribution in [1.29, 1.82) is 0 Å². The van der Waals surface area contributed by atoms with Gasteiger partial charge in [-0.3, -0.25) is 4.79 Å². The highest BCUT2D eigenvalue weighted by atomic mass is 16.6. The Kier molecular flexibility index (Phi) is 24.2. The van der Waals surface area contributed by atoms with Gasteiger partial charge in [-0.15, -0.1) is 0 Å². The van der Waals surface area contributed by atoms with Crippen LogP contribution in [0.25, 0.3) is 0 Å². The number of ether oxygens (including phenoxy) is 2. The number of hydrogen-bond donors (Lipinski definition) is 1. The maximum Gasteiger partial charge on any atom is 0.306 e. The Morgan fingerprint density at radius 3 is 2.13 bits per heavy atom. The van der Waals surface area contributed by atoms with E-state index < -0.39 is 6.10 Å². The van der Waals surface area contributed by atoms with Crippen LogP contribution in [0.15, 0.2) is 24.3 Å². The van der Waals surface area contributed by atoms with Crippen LogP contribution in [0.1, 0.15) is 117 Å². The normalized spacial score (nSPS) is 12.7. The lowest BCUT2D eigenvalue weighted by atomic mass is 10.1. The van der Waals surface area contributed by atoms with Crippen LogP contribution in [0, 0.1) is 0 Å². The van der Waals surface area contributed by atoms with Gasteiger partial charge in [0.05, 0.1) is 13.2 Å². The van der Waals surface area contributed by atoms with E-state index in [0.717, 1.165) is 38.5 Å². The summed E-state index contributed by atoms with van der Waals surface area (Å²) in [7, 11) is 0. The topological polar surface area (TPSA) is 55.8 Å². The van der Waals surface area contributed by atoms with Crippen molar-refractivity contribution >= 4 is 5.97 Å². The molecule has 0 aromatic heterocycles. The average Bonchev–Trinajstić information content (AvgIpc) is 2.77. The van der Waals surface area contributed by atoms with E-state index in [0.29, 0.717) is 19.6 Å². The second-order valence-corrected chi connectivity index (χ2v) is 8.41. The van der Waals surface area contributed by atoms with Crippen LogP contribution in [0.4, 0.5) is 0 Å². The first-order valence-corrected chi connectivity index (χ1v) is 12.9. The smallest absolute Gasteiger partial charge is 0.306 e. The number of hydrogen-bond acceptors (Lipinski definition) is 4. The lowest BCUT2D eigenvalue weighted by molar-refractivity contribution is -0.154. The molecule has 4 nitrogen and oxygen atoms in total. The van der Waals surface area contributed by atoms with Crippen molar-refractivity contribution in [3.63, 3.8) is 0 Å². The van der Waals surface area contributed by atoms with Crippen LogP contribution in [-0.4, -0.2) is 37.0 Å². The molecule has 0 aliphatic rings. The molecule has 31 heavy (non-hydrogen) atoms. The Bertz CT molecular complexity index is 431. The molecule has 0 aromatic carbocycles. The number of rotatable bonds is 23. The molecule has 4 heteroatoms. The number of aliphatic hydroxyl groups excluding tert-OH is 1. The van der Waals surface area contributed by atoms with E-state index in [2.05, 4.69) is 38.2 Å². The summed E-state index contributed by atoms with van der Waals surface area (Å²) in [5.41, 5.74) is 0. The summed E-state index contributed by atoms with van der Waals surface area (Å²) in [5.74, 6) is -0.221. The molecule has 0 rings (SSSR count). The summed E-state index contributed by atoms with van der Waals surface area (Å²) >= 11 is 0. The molecule has 0 aromatic rings. The Labute approximate surface area is 192 Å². The quantitative estimate of drug-likeness (QED) is 0.103. The summed E-state index contributed by atoms with van der Waals surface area (Å²) < 4.78 is 10.9. The minimum Gasteiger partial charge on any atom is -0.457 e. The van der Waals surface area contributed by atoms with Crippen molar-refractivity contribution < 1.29 is 19.4 Å². The van der Waals surface area contributed by atoms with E-state index in [1.807, 2.05) is 0 Å². The number of esters is 1. The van der Waals surface area contributed by atoms with Crippen molar-refractivity contribution in [2.24, 2.45) is 0 Å². The van der Waals surface area contributed by atoms with Crippen molar-refractivity contribution in [2.75, 3.05) is 19.8 Å². The van der Waals surface area contributed by atoms with Crippen molar-refractivity contribution in [3.8, 4) is 0 Å². The Morgan fingerprint density at radius 2 is 1.42 bits per heavy atom. The van der Waals surface area contributed by atoms with Gasteiger partial charge in [-0.1, -0.05) is 95.9 Å². The summed E-state index contributed by atoms with van der Waals surface area (Å²) in [6, 6.07) is 0. The van der Waals surface area contributed by atoms with Gasteiger partial charge in [-0.25, -0.2) is 0 Å². The summed E-state index contributed by atoms with van der Waals surface area (Å²) in [4.78, 5) is 11.9. The van der Waals surface area contributed by atoms with Crippen molar-refractivity contribution in [1.82, 2.24) is 0 Å². The Balaban J connectivity index is 3.52. The predicted octanol–water partition coefficient (Wildman–Crippen LogP) is 7.30. The van der Waals surface area contributed by atoms with Crippen LogP contribution >= 0.6 is 0 Å². The molecule has 1 unspecified atom stereocenters. The van der Waals surface area contributed by atoms with Crippen molar-refractivity contribution in [2.45, 2.75) is 123 Å². The van der Waals surface area contributed by atoms with Crippen LogP contribution in [0.2, 0.25) is 0 Å². The fraction of sp³-hybridized carbons (Fsp3) is 0.815. The molecule has 0 bridgehead atoms. The minimum absolute atomic E-state index is 0.176. The third-order valence-corrected chi connectivity index (χ3v) is 5.26. The SMILES string of the molecule is CCC/C=C\C/C=C\CCCCCCCC(=O)OC(CO)COCCCCCCCC. The van der Waals surface area contributed by atoms with Gasteiger partial charge < -0.3 is 14.6 Å². The fourth-order valence-corrected chi connectivity index (χ4v) is 3.30. The Hall–Kier alpha value is -1.13. The van der Waals surface area contributed by atoms with E-state index in [1.165, 1.54) is 57.8 Å². The third-order valence-electron chi connectivity index (χ3n) is 5.26. The molecule has 182 valence electrons. The molecule has 1 N–H and O–H groups in total. The zero-order valence-electron chi connectivity index (χ0n) is 20.5. The lowest BCUT2D eigenvalue weighted by Gasteiger charge is -2.15. The highest BCUT2D eigenvalue weighted by Crippen LogP contribution is 2.10. The number of allylic oxidation sites excluding steroid dienone is 4. The van der Waals surface area contributed by atoms with Crippen LogP contribution in [0.5, 0.6) is 0 Å². The second-order valence-electron chi connectivity index (χ2n) is 8.41. The summed E-state index contributed by atoms with van der Waals surface area (Å²) in [5, 5.41) is 9.39. The molecular formula is C27H50O4. The number of aliphatic hydroxyl groups is 1. The molecule has 0 saturated heterocycles. The lowest BCUT2D eigenvalue weighted by Crippen LogP contribution is -2.27. The van der Waals surface area contributed by atoms with Crippen LogP contribution in [0.3, 0.4) is 0 Å². The summed E-state index contributed by atoms with van der Waals surface area (Å²) in [6.07, 6.45) is 26.3. The first kappa shape index (κ1) is 29.9. The molecule has 1 atom stereocenters. The minimum atomic E-state index is -0.531. The number of carbonyl (C=O) groups excluding carboxylic acids is 1. The van der Waals surface area contributed by atoms with Crippen LogP contribution < -0.4 is 0 Å². The van der Waals surface area contributed by atoms with E-state index in [9.17, 15) is 9.90 Å². The monoisotopic (exact) mass is 438 g/mol. The largest absolute Gasteiger partial charge is 0.457 e. The van der Waals surface area contributed by atoms with E-state index >= 15 is 0 Å². The maximum atomic E-state index is 11.9. The molecule has 0 radical (unpaired) electrons. The molecule has 0 aliphatic carbocycles. The predicted molar refractivity (Wildman–Crippen MR) is 131 cm³/mol. The highest BCUT2D eigenvalue weighted by molar-refractivity contribution is 5.69. The van der Waals surface area contributed by atoms with Gasteiger partial charge in [0.15, 0.2) is 0 Å². The number of unbranched alkanes of at least 4 members (excludes halogenated alkanes) is 11. The van der Waals surface area contributed by atoms with Gasteiger partial charge in [0.1, 0.15) is 6.10 Å². The molecule has 0 amide bonds. The van der Waals surface area contributed by atoms with Gasteiger partial charge in [0.2, 0.25) is 0 Å². The maximum absolute atomic E-state index is 11.9. The molecule has 0 aliphatic heterocycles. The van der Waals surface area contributed by atoms with Crippen molar-refractivity contribution in [3.05, 3.63) is 24.3 Å². The molecule has 0 heterocycles. The third kappa shape index (κ3) is 23.4. The Morgan fingerprint density at radius 1 is 0.774 bits per heavy atom. The first-order chi connectivity index (χ1) is 15.2. The molecule has 0 spiro atoms. The molecule has 0 saturated carbocycles. The first-order valence-electron chi connectivity index (χ1n) is 12.9.